The van der Waals surface area contributed by atoms with Crippen LogP contribution in [-0.2, 0) is 11.0 Å². The smallest absolute Gasteiger partial charge is 0.417 e. The molecule has 2 aromatic carbocycles. The van der Waals surface area contributed by atoms with Gasteiger partial charge in [-0.1, -0.05) is 23.2 Å². The molecule has 1 unspecified atom stereocenters. The lowest BCUT2D eigenvalue weighted by atomic mass is 10.2. The zero-order valence-electron chi connectivity index (χ0n) is 13.7. The largest absolute Gasteiger partial charge is 0.479 e. The predicted molar refractivity (Wildman–Crippen MR) is 96.0 cm³/mol. The van der Waals surface area contributed by atoms with Gasteiger partial charge in [-0.05, 0) is 37.3 Å². The summed E-state index contributed by atoms with van der Waals surface area (Å²) in [5, 5.41) is 8.89. The number of nitrogens with zero attached hydrogens (tertiary/aromatic N) is 1. The average Bonchev–Trinajstić information content (AvgIpc) is 2.99. The van der Waals surface area contributed by atoms with Crippen LogP contribution in [0.5, 0.6) is 5.75 Å². The molecule has 0 radical (unpaired) electrons. The monoisotopic (exact) mass is 417 g/mol. The van der Waals surface area contributed by atoms with Crippen molar-refractivity contribution in [2.24, 2.45) is 0 Å². The first kappa shape index (κ1) is 19.4. The van der Waals surface area contributed by atoms with Gasteiger partial charge in [-0.15, -0.1) is 0 Å². The summed E-state index contributed by atoms with van der Waals surface area (Å²) in [6.07, 6.45) is -4.05. The molecule has 0 aliphatic carbocycles. The van der Waals surface area contributed by atoms with E-state index >= 15 is 0 Å². The van der Waals surface area contributed by atoms with Gasteiger partial charge in [0.2, 0.25) is 0 Å². The number of carboxylic acid groups (broad SMARTS) is 1. The first-order chi connectivity index (χ1) is 12.6. The van der Waals surface area contributed by atoms with Crippen LogP contribution in [-0.4, -0.2) is 21.7 Å². The molecule has 0 aliphatic heterocycles. The van der Waals surface area contributed by atoms with Crippen molar-refractivity contribution < 1.29 is 27.8 Å². The number of ether oxygens (including phenoxy) is 1. The molecule has 3 aromatic rings. The van der Waals surface area contributed by atoms with Crippen molar-refractivity contribution in [3.63, 3.8) is 0 Å². The lowest BCUT2D eigenvalue weighted by Gasteiger charge is -2.15. The Bertz CT molecular complexity index is 1030. The Morgan fingerprint density at radius 1 is 1.15 bits per heavy atom. The molecule has 1 aromatic heterocycles. The predicted octanol–water partition coefficient (Wildman–Crippen LogP) is 5.81. The third kappa shape index (κ3) is 3.70. The molecule has 0 saturated carbocycles. The Balaban J connectivity index is 2.10. The van der Waals surface area contributed by atoms with E-state index in [9.17, 15) is 18.0 Å². The summed E-state index contributed by atoms with van der Waals surface area (Å²) in [5.74, 6) is -0.825. The lowest BCUT2D eigenvalue weighted by molar-refractivity contribution is -0.144. The minimum absolute atomic E-state index is 0.241. The summed E-state index contributed by atoms with van der Waals surface area (Å²) in [7, 11) is 0. The molecule has 0 bridgehead atoms. The second-order valence-electron chi connectivity index (χ2n) is 5.76. The quantitative estimate of drug-likeness (QED) is 0.582. The van der Waals surface area contributed by atoms with E-state index in [0.29, 0.717) is 11.3 Å². The molecule has 4 nitrogen and oxygen atoms in total. The van der Waals surface area contributed by atoms with Crippen LogP contribution in [0.1, 0.15) is 12.5 Å². The van der Waals surface area contributed by atoms with Crippen LogP contribution in [0.3, 0.4) is 0 Å². The van der Waals surface area contributed by atoms with E-state index in [0.717, 1.165) is 11.5 Å². The number of hydrogen-bond acceptors (Lipinski definition) is 2. The molecule has 0 fully saturated rings. The van der Waals surface area contributed by atoms with Crippen molar-refractivity contribution in [3.8, 4) is 11.4 Å². The molecular formula is C18H12Cl2F3NO3. The van der Waals surface area contributed by atoms with E-state index < -0.39 is 28.8 Å². The fraction of sp³-hybridized carbons (Fsp3) is 0.167. The number of aromatic nitrogens is 1. The van der Waals surface area contributed by atoms with Crippen molar-refractivity contribution in [1.82, 2.24) is 4.57 Å². The second kappa shape index (κ2) is 6.98. The summed E-state index contributed by atoms with van der Waals surface area (Å²) < 4.78 is 45.8. The van der Waals surface area contributed by atoms with Gasteiger partial charge in [0.25, 0.3) is 0 Å². The molecule has 142 valence electrons. The van der Waals surface area contributed by atoms with E-state index in [1.807, 2.05) is 0 Å². The van der Waals surface area contributed by atoms with E-state index in [-0.39, 0.29) is 10.7 Å². The molecule has 0 aliphatic rings. The third-order valence-corrected chi connectivity index (χ3v) is 4.82. The van der Waals surface area contributed by atoms with Crippen LogP contribution in [0.2, 0.25) is 10.0 Å². The van der Waals surface area contributed by atoms with E-state index in [2.05, 4.69) is 0 Å². The van der Waals surface area contributed by atoms with Gasteiger partial charge in [-0.25, -0.2) is 4.79 Å². The molecule has 3 rings (SSSR count). The Morgan fingerprint density at radius 2 is 1.85 bits per heavy atom. The van der Waals surface area contributed by atoms with Crippen LogP contribution >= 0.6 is 23.2 Å². The normalized spacial score (nSPS) is 13.0. The number of carboxylic acids is 1. The number of fused-ring (bicyclic) bond motifs is 1. The molecule has 1 heterocycles. The number of carbonyl (C=O) groups is 1. The number of aliphatic carboxylic acids is 1. The average molecular weight is 418 g/mol. The Morgan fingerprint density at radius 3 is 2.48 bits per heavy atom. The van der Waals surface area contributed by atoms with Crippen LogP contribution in [0.4, 0.5) is 13.2 Å². The molecule has 0 spiro atoms. The summed E-state index contributed by atoms with van der Waals surface area (Å²) in [6, 6.07) is 8.72. The third-order valence-electron chi connectivity index (χ3n) is 3.95. The van der Waals surface area contributed by atoms with Crippen LogP contribution in [0.25, 0.3) is 16.6 Å². The topological polar surface area (TPSA) is 51.5 Å². The van der Waals surface area contributed by atoms with Gasteiger partial charge >= 0.3 is 12.1 Å². The minimum Gasteiger partial charge on any atom is -0.479 e. The Kier molecular flexibility index (Phi) is 5.01. The highest BCUT2D eigenvalue weighted by molar-refractivity contribution is 6.43. The molecule has 1 atom stereocenters. The number of halogens is 5. The number of hydrogen-bond donors (Lipinski definition) is 1. The molecule has 0 saturated heterocycles. The fourth-order valence-electron chi connectivity index (χ4n) is 2.59. The van der Waals surface area contributed by atoms with Gasteiger partial charge in [0, 0.05) is 17.6 Å². The van der Waals surface area contributed by atoms with Gasteiger partial charge in [-0.3, -0.25) is 0 Å². The first-order valence-electron chi connectivity index (χ1n) is 7.65. The maximum Gasteiger partial charge on any atom is 0.417 e. The summed E-state index contributed by atoms with van der Waals surface area (Å²) >= 11 is 11.9. The van der Waals surface area contributed by atoms with Gasteiger partial charge in [0.1, 0.15) is 5.75 Å². The van der Waals surface area contributed by atoms with Crippen LogP contribution in [0.15, 0.2) is 42.6 Å². The maximum absolute atomic E-state index is 13.0. The van der Waals surface area contributed by atoms with Crippen molar-refractivity contribution >= 4 is 40.1 Å². The van der Waals surface area contributed by atoms with Crippen molar-refractivity contribution in [2.45, 2.75) is 19.2 Å². The molecular weight excluding hydrogens is 406 g/mol. The highest BCUT2D eigenvalue weighted by Gasteiger charge is 2.34. The van der Waals surface area contributed by atoms with Crippen molar-refractivity contribution in [3.05, 3.63) is 58.2 Å². The van der Waals surface area contributed by atoms with Gasteiger partial charge < -0.3 is 14.4 Å². The van der Waals surface area contributed by atoms with Crippen molar-refractivity contribution in [2.75, 3.05) is 0 Å². The van der Waals surface area contributed by atoms with E-state index in [4.69, 9.17) is 33.0 Å². The zero-order chi connectivity index (χ0) is 19.9. The van der Waals surface area contributed by atoms with E-state index in [1.165, 1.54) is 13.0 Å². The molecule has 27 heavy (non-hydrogen) atoms. The second-order valence-corrected chi connectivity index (χ2v) is 6.52. The van der Waals surface area contributed by atoms with Gasteiger partial charge in [0.15, 0.2) is 6.10 Å². The maximum atomic E-state index is 13.0. The highest BCUT2D eigenvalue weighted by Crippen LogP contribution is 2.41. The fourth-order valence-corrected chi connectivity index (χ4v) is 3.11. The van der Waals surface area contributed by atoms with Gasteiger partial charge in [0.05, 0.1) is 26.8 Å². The van der Waals surface area contributed by atoms with Gasteiger partial charge in [-0.2, -0.15) is 13.2 Å². The zero-order valence-corrected chi connectivity index (χ0v) is 15.2. The first-order valence-corrected chi connectivity index (χ1v) is 8.41. The number of benzene rings is 2. The van der Waals surface area contributed by atoms with Crippen LogP contribution in [0, 0.1) is 0 Å². The molecule has 9 heteroatoms. The lowest BCUT2D eigenvalue weighted by Crippen LogP contribution is -2.22. The summed E-state index contributed by atoms with van der Waals surface area (Å²) in [4.78, 5) is 10.9. The Labute approximate surface area is 161 Å². The SMILES string of the molecule is CC(Oc1ccc2ccn(-c3ccc(C(F)(F)F)c(Cl)c3Cl)c2c1)C(=O)O. The number of rotatable bonds is 4. The Hall–Kier alpha value is -2.38. The van der Waals surface area contributed by atoms with E-state index in [1.54, 1.807) is 35.0 Å². The minimum atomic E-state index is -4.62. The summed E-state index contributed by atoms with van der Waals surface area (Å²) in [6.45, 7) is 1.39. The molecule has 0 amide bonds. The highest BCUT2D eigenvalue weighted by atomic mass is 35.5. The molecule has 1 N–H and O–H groups in total. The number of alkyl halides is 3. The van der Waals surface area contributed by atoms with Crippen LogP contribution < -0.4 is 4.74 Å². The van der Waals surface area contributed by atoms with Crippen molar-refractivity contribution in [1.29, 1.82) is 0 Å². The standard InChI is InChI=1S/C18H12Cl2F3NO3/c1-9(17(25)26)27-11-3-2-10-6-7-24(14(10)8-11)13-5-4-12(18(21,22)23)15(19)16(13)20/h2-9H,1H3,(H,25,26). The summed E-state index contributed by atoms with van der Waals surface area (Å²) in [5.41, 5.74) is -0.190.